The van der Waals surface area contributed by atoms with Gasteiger partial charge in [-0.3, -0.25) is 4.79 Å². The number of hydrogen-bond acceptors (Lipinski definition) is 5. The Hall–Kier alpha value is -3.72. The zero-order valence-corrected chi connectivity index (χ0v) is 19.2. The van der Waals surface area contributed by atoms with Crippen molar-refractivity contribution in [2.24, 2.45) is 0 Å². The van der Waals surface area contributed by atoms with E-state index in [4.69, 9.17) is 4.74 Å². The van der Waals surface area contributed by atoms with Gasteiger partial charge >= 0.3 is 0 Å². The van der Waals surface area contributed by atoms with Gasteiger partial charge in [0.2, 0.25) is 5.91 Å². The van der Waals surface area contributed by atoms with Crippen LogP contribution in [0.2, 0.25) is 0 Å². The molecule has 1 aromatic heterocycles. The van der Waals surface area contributed by atoms with Gasteiger partial charge in [0.05, 0.1) is 18.6 Å². The molecule has 3 aromatic carbocycles. The van der Waals surface area contributed by atoms with Crippen LogP contribution < -0.4 is 10.1 Å². The van der Waals surface area contributed by atoms with Gasteiger partial charge in [0.25, 0.3) is 0 Å². The SMILES string of the molecule is COc1ccc(-c2nnc(SCC(=O)Nc3ccc(F)cc3F)n2CCc2ccccc2)cc1. The molecule has 9 heteroatoms. The maximum atomic E-state index is 13.8. The Labute approximate surface area is 200 Å². The van der Waals surface area contributed by atoms with Crippen LogP contribution in [0.25, 0.3) is 11.4 Å². The van der Waals surface area contributed by atoms with Crippen LogP contribution in [0.15, 0.2) is 78.0 Å². The van der Waals surface area contributed by atoms with Crippen molar-refractivity contribution in [2.75, 3.05) is 18.2 Å². The lowest BCUT2D eigenvalue weighted by Crippen LogP contribution is -2.16. The number of thioether (sulfide) groups is 1. The number of amides is 1. The normalized spacial score (nSPS) is 10.8. The highest BCUT2D eigenvalue weighted by molar-refractivity contribution is 7.99. The molecule has 0 unspecified atom stereocenters. The van der Waals surface area contributed by atoms with E-state index in [1.54, 1.807) is 7.11 Å². The number of hydrogen-bond donors (Lipinski definition) is 1. The van der Waals surface area contributed by atoms with Gasteiger partial charge < -0.3 is 14.6 Å². The minimum atomic E-state index is -0.828. The number of benzene rings is 3. The van der Waals surface area contributed by atoms with E-state index in [2.05, 4.69) is 27.6 Å². The quantitative estimate of drug-likeness (QED) is 0.333. The first-order chi connectivity index (χ1) is 16.5. The van der Waals surface area contributed by atoms with E-state index >= 15 is 0 Å². The molecule has 0 atom stereocenters. The minimum Gasteiger partial charge on any atom is -0.497 e. The van der Waals surface area contributed by atoms with Crippen LogP contribution in [-0.4, -0.2) is 33.5 Å². The average molecular weight is 481 g/mol. The minimum absolute atomic E-state index is 0.0110. The number of anilines is 1. The van der Waals surface area contributed by atoms with Crippen LogP contribution in [0.4, 0.5) is 14.5 Å². The third-order valence-electron chi connectivity index (χ3n) is 5.07. The summed E-state index contributed by atoms with van der Waals surface area (Å²) in [7, 11) is 1.61. The van der Waals surface area contributed by atoms with E-state index in [0.29, 0.717) is 17.5 Å². The average Bonchev–Trinajstić information content (AvgIpc) is 3.26. The van der Waals surface area contributed by atoms with Crippen molar-refractivity contribution in [1.29, 1.82) is 0 Å². The van der Waals surface area contributed by atoms with E-state index in [-0.39, 0.29) is 11.4 Å². The van der Waals surface area contributed by atoms with E-state index in [1.807, 2.05) is 47.0 Å². The molecule has 6 nitrogen and oxygen atoms in total. The molecule has 174 valence electrons. The monoisotopic (exact) mass is 480 g/mol. The van der Waals surface area contributed by atoms with Crippen LogP contribution in [0, 0.1) is 11.6 Å². The van der Waals surface area contributed by atoms with Crippen molar-refractivity contribution in [2.45, 2.75) is 18.1 Å². The lowest BCUT2D eigenvalue weighted by molar-refractivity contribution is -0.113. The number of ether oxygens (including phenoxy) is 1. The highest BCUT2D eigenvalue weighted by atomic mass is 32.2. The Balaban J connectivity index is 1.51. The first-order valence-corrected chi connectivity index (χ1v) is 11.5. The van der Waals surface area contributed by atoms with Crippen molar-refractivity contribution in [3.63, 3.8) is 0 Å². The molecule has 4 aromatic rings. The number of rotatable bonds is 9. The van der Waals surface area contributed by atoms with Gasteiger partial charge in [-0.05, 0) is 48.4 Å². The fourth-order valence-corrected chi connectivity index (χ4v) is 4.11. The Kier molecular flexibility index (Phi) is 7.54. The predicted molar refractivity (Wildman–Crippen MR) is 128 cm³/mol. The standard InChI is InChI=1S/C25H22F2N4O2S/c1-33-20-10-7-18(8-11-20)24-29-30-25(31(24)14-13-17-5-3-2-4-6-17)34-16-23(32)28-22-12-9-19(26)15-21(22)27/h2-12,15H,13-14,16H2,1H3,(H,28,32). The molecule has 0 aliphatic heterocycles. The van der Waals surface area contributed by atoms with E-state index in [1.165, 1.54) is 17.8 Å². The van der Waals surface area contributed by atoms with E-state index in [9.17, 15) is 13.6 Å². The lowest BCUT2D eigenvalue weighted by atomic mass is 10.1. The molecular weight excluding hydrogens is 458 g/mol. The summed E-state index contributed by atoms with van der Waals surface area (Å²) < 4.78 is 34.1. The van der Waals surface area contributed by atoms with Gasteiger partial charge in [-0.2, -0.15) is 0 Å². The highest BCUT2D eigenvalue weighted by Crippen LogP contribution is 2.26. The Bertz CT molecular complexity index is 1260. The number of halogens is 2. The molecule has 0 spiro atoms. The molecule has 0 bridgehead atoms. The van der Waals surface area contributed by atoms with Crippen molar-refractivity contribution in [1.82, 2.24) is 14.8 Å². The number of carbonyl (C=O) groups excluding carboxylic acids is 1. The summed E-state index contributed by atoms with van der Waals surface area (Å²) in [6.07, 6.45) is 0.753. The zero-order valence-electron chi connectivity index (χ0n) is 18.4. The zero-order chi connectivity index (χ0) is 23.9. The van der Waals surface area contributed by atoms with E-state index < -0.39 is 17.5 Å². The Morgan fingerprint density at radius 3 is 2.50 bits per heavy atom. The Morgan fingerprint density at radius 1 is 1.03 bits per heavy atom. The second-order valence-electron chi connectivity index (χ2n) is 7.38. The molecule has 0 saturated carbocycles. The molecule has 0 aliphatic carbocycles. The number of aryl methyl sites for hydroxylation is 1. The maximum Gasteiger partial charge on any atom is 0.234 e. The van der Waals surface area contributed by atoms with Crippen LogP contribution in [-0.2, 0) is 17.8 Å². The topological polar surface area (TPSA) is 69.0 Å². The summed E-state index contributed by atoms with van der Waals surface area (Å²) in [6, 6.07) is 20.6. The van der Waals surface area contributed by atoms with Gasteiger partial charge in [-0.15, -0.1) is 10.2 Å². The predicted octanol–water partition coefficient (Wildman–Crippen LogP) is 5.21. The van der Waals surface area contributed by atoms with Gasteiger partial charge in [0, 0.05) is 18.2 Å². The summed E-state index contributed by atoms with van der Waals surface area (Å²) in [5.41, 5.74) is 1.96. The largest absolute Gasteiger partial charge is 0.497 e. The first kappa shape index (κ1) is 23.4. The summed E-state index contributed by atoms with van der Waals surface area (Å²) in [6.45, 7) is 0.606. The molecule has 0 radical (unpaired) electrons. The molecule has 4 rings (SSSR count). The molecule has 1 amide bonds. The fraction of sp³-hybridized carbons (Fsp3) is 0.160. The molecule has 1 N–H and O–H groups in total. The number of aromatic nitrogens is 3. The van der Waals surface area contributed by atoms with Gasteiger partial charge in [-0.1, -0.05) is 42.1 Å². The number of carbonyl (C=O) groups is 1. The fourth-order valence-electron chi connectivity index (χ4n) is 3.34. The first-order valence-electron chi connectivity index (χ1n) is 10.5. The number of nitrogens with one attached hydrogen (secondary N) is 1. The molecule has 0 fully saturated rings. The summed E-state index contributed by atoms with van der Waals surface area (Å²) in [4.78, 5) is 12.4. The molecule has 34 heavy (non-hydrogen) atoms. The third kappa shape index (κ3) is 5.79. The van der Waals surface area contributed by atoms with Gasteiger partial charge in [0.1, 0.15) is 17.4 Å². The van der Waals surface area contributed by atoms with Crippen LogP contribution in [0.3, 0.4) is 0 Å². The second-order valence-corrected chi connectivity index (χ2v) is 8.33. The molecular formula is C25H22F2N4O2S. The van der Waals surface area contributed by atoms with Crippen LogP contribution in [0.5, 0.6) is 5.75 Å². The number of methoxy groups -OCH3 is 1. The summed E-state index contributed by atoms with van der Waals surface area (Å²) >= 11 is 1.20. The smallest absolute Gasteiger partial charge is 0.234 e. The molecule has 1 heterocycles. The molecule has 0 aliphatic rings. The summed E-state index contributed by atoms with van der Waals surface area (Å²) in [5, 5.41) is 11.7. The summed E-state index contributed by atoms with van der Waals surface area (Å²) in [5.74, 6) is -0.569. The van der Waals surface area contributed by atoms with Crippen molar-refractivity contribution >= 4 is 23.4 Å². The van der Waals surface area contributed by atoms with Crippen LogP contribution >= 0.6 is 11.8 Å². The van der Waals surface area contributed by atoms with Crippen molar-refractivity contribution < 1.29 is 18.3 Å². The second kappa shape index (κ2) is 10.9. The molecule has 0 saturated heterocycles. The third-order valence-corrected chi connectivity index (χ3v) is 6.04. The lowest BCUT2D eigenvalue weighted by Gasteiger charge is -2.11. The highest BCUT2D eigenvalue weighted by Gasteiger charge is 2.17. The Morgan fingerprint density at radius 2 is 1.79 bits per heavy atom. The van der Waals surface area contributed by atoms with Gasteiger partial charge in [-0.25, -0.2) is 8.78 Å². The van der Waals surface area contributed by atoms with Crippen molar-refractivity contribution in [3.05, 3.63) is 90.0 Å². The van der Waals surface area contributed by atoms with Gasteiger partial charge in [0.15, 0.2) is 11.0 Å². The van der Waals surface area contributed by atoms with Crippen molar-refractivity contribution in [3.8, 4) is 17.1 Å². The number of nitrogens with zero attached hydrogens (tertiary/aromatic N) is 3. The maximum absolute atomic E-state index is 13.8. The van der Waals surface area contributed by atoms with Crippen LogP contribution in [0.1, 0.15) is 5.56 Å². The van der Waals surface area contributed by atoms with E-state index in [0.717, 1.165) is 35.4 Å².